The van der Waals surface area contributed by atoms with Gasteiger partial charge < -0.3 is 14.7 Å². The Morgan fingerprint density at radius 3 is 2.37 bits per heavy atom. The van der Waals surface area contributed by atoms with Crippen molar-refractivity contribution in [3.05, 3.63) is 65.2 Å². The molecule has 27 heavy (non-hydrogen) atoms. The summed E-state index contributed by atoms with van der Waals surface area (Å²) >= 11 is 0. The first kappa shape index (κ1) is 19.1. The van der Waals surface area contributed by atoms with Crippen LogP contribution in [-0.4, -0.2) is 29.6 Å². The number of carboxylic acids is 1. The van der Waals surface area contributed by atoms with E-state index in [0.717, 1.165) is 22.4 Å². The van der Waals surface area contributed by atoms with Gasteiger partial charge in [0, 0.05) is 17.8 Å². The molecule has 0 aromatic heterocycles. The van der Waals surface area contributed by atoms with E-state index in [0.29, 0.717) is 6.54 Å². The molecule has 2 aromatic carbocycles. The van der Waals surface area contributed by atoms with Crippen LogP contribution in [-0.2, 0) is 14.3 Å². The Kier molecular flexibility index (Phi) is 5.61. The van der Waals surface area contributed by atoms with Crippen LogP contribution < -0.4 is 4.90 Å². The van der Waals surface area contributed by atoms with Crippen LogP contribution in [0, 0.1) is 12.8 Å². The third-order valence-electron chi connectivity index (χ3n) is 4.73. The molecule has 5 nitrogen and oxygen atoms in total. The molecule has 5 heteroatoms. The molecule has 1 heterocycles. The number of anilines is 1. The number of rotatable bonds is 5. The second kappa shape index (κ2) is 7.92. The number of para-hydroxylation sites is 1. The third-order valence-corrected chi connectivity index (χ3v) is 4.73. The van der Waals surface area contributed by atoms with Gasteiger partial charge in [-0.2, -0.15) is 0 Å². The van der Waals surface area contributed by atoms with Crippen molar-refractivity contribution in [2.75, 3.05) is 11.4 Å². The van der Waals surface area contributed by atoms with Gasteiger partial charge in [-0.25, -0.2) is 0 Å². The van der Waals surface area contributed by atoms with Crippen molar-refractivity contribution in [1.29, 1.82) is 0 Å². The summed E-state index contributed by atoms with van der Waals surface area (Å²) in [6.07, 6.45) is -1.88. The first-order chi connectivity index (χ1) is 12.9. The average molecular weight is 367 g/mol. The lowest BCUT2D eigenvalue weighted by Crippen LogP contribution is -2.42. The SMILES string of the molecule is Cc1ccccc1[C@H]1O[C@H](CC(=O)O)C(=O)N(CC(C)C)c2ccccc21. The number of amides is 1. The van der Waals surface area contributed by atoms with Crippen molar-refractivity contribution in [3.63, 3.8) is 0 Å². The fraction of sp³-hybridized carbons (Fsp3) is 0.364. The van der Waals surface area contributed by atoms with Crippen LogP contribution >= 0.6 is 0 Å². The summed E-state index contributed by atoms with van der Waals surface area (Å²) in [5, 5.41) is 9.32. The highest BCUT2D eigenvalue weighted by Gasteiger charge is 2.37. The number of aryl methyl sites for hydroxylation is 1. The molecule has 2 aromatic rings. The zero-order valence-electron chi connectivity index (χ0n) is 15.9. The van der Waals surface area contributed by atoms with Gasteiger partial charge in [-0.1, -0.05) is 56.3 Å². The molecule has 0 saturated carbocycles. The fourth-order valence-electron chi connectivity index (χ4n) is 3.51. The van der Waals surface area contributed by atoms with Crippen molar-refractivity contribution in [1.82, 2.24) is 0 Å². The van der Waals surface area contributed by atoms with Crippen molar-refractivity contribution in [3.8, 4) is 0 Å². The maximum Gasteiger partial charge on any atom is 0.306 e. The molecule has 1 N–H and O–H groups in total. The molecule has 1 amide bonds. The van der Waals surface area contributed by atoms with Crippen LogP contribution in [0.4, 0.5) is 5.69 Å². The lowest BCUT2D eigenvalue weighted by Gasteiger charge is -2.26. The number of nitrogens with zero attached hydrogens (tertiary/aromatic N) is 1. The van der Waals surface area contributed by atoms with Crippen LogP contribution in [0.1, 0.15) is 43.1 Å². The third kappa shape index (κ3) is 4.03. The van der Waals surface area contributed by atoms with Crippen LogP contribution in [0.5, 0.6) is 0 Å². The van der Waals surface area contributed by atoms with E-state index >= 15 is 0 Å². The van der Waals surface area contributed by atoms with Crippen molar-refractivity contribution in [2.45, 2.75) is 39.4 Å². The number of carbonyl (C=O) groups excluding carboxylic acids is 1. The molecule has 142 valence electrons. The van der Waals surface area contributed by atoms with Gasteiger partial charge in [0.15, 0.2) is 0 Å². The van der Waals surface area contributed by atoms with Gasteiger partial charge in [-0.05, 0) is 30.0 Å². The monoisotopic (exact) mass is 367 g/mol. The van der Waals surface area contributed by atoms with Gasteiger partial charge in [0.05, 0.1) is 6.42 Å². The summed E-state index contributed by atoms with van der Waals surface area (Å²) in [4.78, 5) is 26.3. The van der Waals surface area contributed by atoms with Crippen molar-refractivity contribution >= 4 is 17.6 Å². The highest BCUT2D eigenvalue weighted by molar-refractivity contribution is 5.99. The zero-order chi connectivity index (χ0) is 19.6. The highest BCUT2D eigenvalue weighted by Crippen LogP contribution is 2.39. The summed E-state index contributed by atoms with van der Waals surface area (Å²) in [5.74, 6) is -1.11. The van der Waals surface area contributed by atoms with E-state index in [1.54, 1.807) is 4.90 Å². The van der Waals surface area contributed by atoms with Crippen molar-refractivity contribution in [2.24, 2.45) is 5.92 Å². The number of fused-ring (bicyclic) bond motifs is 1. The minimum atomic E-state index is -1.05. The zero-order valence-corrected chi connectivity index (χ0v) is 15.9. The Labute approximate surface area is 159 Å². The Balaban J connectivity index is 2.16. The second-order valence-corrected chi connectivity index (χ2v) is 7.36. The summed E-state index contributed by atoms with van der Waals surface area (Å²) in [6.45, 7) is 6.57. The van der Waals surface area contributed by atoms with Gasteiger partial charge in [0.1, 0.15) is 12.2 Å². The fourth-order valence-corrected chi connectivity index (χ4v) is 3.51. The summed E-state index contributed by atoms with van der Waals surface area (Å²) < 4.78 is 6.17. The molecule has 0 bridgehead atoms. The van der Waals surface area contributed by atoms with Crippen LogP contribution in [0.25, 0.3) is 0 Å². The van der Waals surface area contributed by atoms with Gasteiger partial charge in [0.2, 0.25) is 0 Å². The van der Waals surface area contributed by atoms with Gasteiger partial charge in [-0.15, -0.1) is 0 Å². The summed E-state index contributed by atoms with van der Waals surface area (Å²) in [7, 11) is 0. The lowest BCUT2D eigenvalue weighted by molar-refractivity contribution is -0.146. The minimum Gasteiger partial charge on any atom is -0.481 e. The predicted molar refractivity (Wildman–Crippen MR) is 104 cm³/mol. The average Bonchev–Trinajstić information content (AvgIpc) is 2.72. The Hall–Kier alpha value is -2.66. The molecule has 1 aliphatic heterocycles. The molecule has 0 saturated heterocycles. The second-order valence-electron chi connectivity index (χ2n) is 7.36. The number of carboxylic acid groups (broad SMARTS) is 1. The number of hydrogen-bond acceptors (Lipinski definition) is 3. The number of aliphatic carboxylic acids is 1. The Bertz CT molecular complexity index is 846. The smallest absolute Gasteiger partial charge is 0.306 e. The molecular formula is C22H25NO4. The van der Waals surface area contributed by atoms with E-state index < -0.39 is 18.2 Å². The topological polar surface area (TPSA) is 66.8 Å². The van der Waals surface area contributed by atoms with Crippen LogP contribution in [0.2, 0.25) is 0 Å². The van der Waals surface area contributed by atoms with Gasteiger partial charge in [0.25, 0.3) is 5.91 Å². The molecular weight excluding hydrogens is 342 g/mol. The number of ether oxygens (including phenoxy) is 1. The van der Waals surface area contributed by atoms with Gasteiger partial charge >= 0.3 is 5.97 Å². The maximum absolute atomic E-state index is 13.2. The van der Waals surface area contributed by atoms with E-state index in [4.69, 9.17) is 4.74 Å². The Morgan fingerprint density at radius 2 is 1.74 bits per heavy atom. The molecule has 2 atom stereocenters. The lowest BCUT2D eigenvalue weighted by atomic mass is 9.95. The molecule has 0 unspecified atom stereocenters. The minimum absolute atomic E-state index is 0.238. The molecule has 0 spiro atoms. The van der Waals surface area contributed by atoms with Gasteiger partial charge in [-0.3, -0.25) is 9.59 Å². The first-order valence-corrected chi connectivity index (χ1v) is 9.21. The molecule has 1 aliphatic rings. The largest absolute Gasteiger partial charge is 0.481 e. The summed E-state index contributed by atoms with van der Waals surface area (Å²) in [5.41, 5.74) is 3.65. The van der Waals surface area contributed by atoms with E-state index in [9.17, 15) is 14.7 Å². The molecule has 0 radical (unpaired) electrons. The number of benzene rings is 2. The molecule has 3 rings (SSSR count). The van der Waals surface area contributed by atoms with E-state index in [1.807, 2.05) is 69.3 Å². The van der Waals surface area contributed by atoms with E-state index in [-0.39, 0.29) is 18.2 Å². The van der Waals surface area contributed by atoms with Crippen LogP contribution in [0.3, 0.4) is 0 Å². The quantitative estimate of drug-likeness (QED) is 0.869. The van der Waals surface area contributed by atoms with E-state index in [1.165, 1.54) is 0 Å². The predicted octanol–water partition coefficient (Wildman–Crippen LogP) is 3.95. The highest BCUT2D eigenvalue weighted by atomic mass is 16.5. The van der Waals surface area contributed by atoms with E-state index in [2.05, 4.69) is 0 Å². The Morgan fingerprint density at radius 1 is 1.11 bits per heavy atom. The normalized spacial score (nSPS) is 19.7. The first-order valence-electron chi connectivity index (χ1n) is 9.21. The standard InChI is InChI=1S/C22H25NO4/c1-14(2)13-23-18-11-7-6-10-17(18)21(16-9-5-4-8-15(16)3)27-19(22(23)26)12-20(24)25/h4-11,14,19,21H,12-13H2,1-3H3,(H,24,25)/t19-,21-/m1/s1. The van der Waals surface area contributed by atoms with Crippen LogP contribution in [0.15, 0.2) is 48.5 Å². The molecule has 0 aliphatic carbocycles. The number of hydrogen-bond donors (Lipinski definition) is 1. The molecule has 0 fully saturated rings. The van der Waals surface area contributed by atoms with Crippen molar-refractivity contribution < 1.29 is 19.4 Å². The summed E-state index contributed by atoms with van der Waals surface area (Å²) in [6, 6.07) is 15.5. The maximum atomic E-state index is 13.2. The number of carbonyl (C=O) groups is 2.